The van der Waals surface area contributed by atoms with E-state index in [1.165, 1.54) is 0 Å². The number of nitrogens with one attached hydrogen (secondary N) is 1. The molecule has 0 fully saturated rings. The number of aromatic nitrogens is 4. The lowest BCUT2D eigenvalue weighted by Crippen LogP contribution is -2.27. The van der Waals surface area contributed by atoms with E-state index in [0.717, 1.165) is 22.3 Å². The predicted molar refractivity (Wildman–Crippen MR) is 96.5 cm³/mol. The molecule has 3 aromatic heterocycles. The van der Waals surface area contributed by atoms with E-state index in [1.54, 1.807) is 30.3 Å². The van der Waals surface area contributed by atoms with Gasteiger partial charge in [0.05, 0.1) is 24.0 Å². The van der Waals surface area contributed by atoms with Crippen molar-refractivity contribution in [2.75, 3.05) is 20.3 Å². The molecule has 0 aromatic carbocycles. The topological polar surface area (TPSA) is 91.2 Å². The first-order valence-corrected chi connectivity index (χ1v) is 8.32. The molecule has 136 valence electrons. The third kappa shape index (κ3) is 4.09. The van der Waals surface area contributed by atoms with Crippen molar-refractivity contribution in [2.45, 2.75) is 13.5 Å². The lowest BCUT2D eigenvalue weighted by molar-refractivity contribution is 0.132. The van der Waals surface area contributed by atoms with Crippen LogP contribution in [0.1, 0.15) is 11.4 Å². The van der Waals surface area contributed by atoms with Crippen LogP contribution in [0.5, 0.6) is 0 Å². The van der Waals surface area contributed by atoms with E-state index < -0.39 is 6.09 Å². The number of aryl methyl sites for hydroxylation is 1. The molecule has 26 heavy (non-hydrogen) atoms. The zero-order chi connectivity index (χ0) is 18.5. The Morgan fingerprint density at radius 1 is 1.38 bits per heavy atom. The van der Waals surface area contributed by atoms with Crippen molar-refractivity contribution in [2.24, 2.45) is 0 Å². The Hall–Kier alpha value is -2.71. The number of nitrogens with zero attached hydrogens (tertiary/aromatic N) is 4. The van der Waals surface area contributed by atoms with E-state index in [-0.39, 0.29) is 6.61 Å². The minimum atomic E-state index is -0.553. The number of pyridine rings is 2. The van der Waals surface area contributed by atoms with Gasteiger partial charge in [-0.05, 0) is 25.1 Å². The predicted octanol–water partition coefficient (Wildman–Crippen LogP) is 2.65. The molecule has 8 nitrogen and oxygen atoms in total. The molecule has 0 aliphatic carbocycles. The fourth-order valence-corrected chi connectivity index (χ4v) is 2.72. The Morgan fingerprint density at radius 3 is 3.00 bits per heavy atom. The number of carbonyl (C=O) groups excluding carboxylic acids is 1. The maximum absolute atomic E-state index is 11.8. The fraction of sp³-hybridized carbons (Fsp3) is 0.294. The third-order valence-corrected chi connectivity index (χ3v) is 3.82. The number of hydrogen-bond donors (Lipinski definition) is 1. The van der Waals surface area contributed by atoms with Crippen molar-refractivity contribution >= 4 is 28.6 Å². The number of alkyl carbamates (subject to hydrolysis) is 1. The first-order chi connectivity index (χ1) is 12.6. The minimum absolute atomic E-state index is 0.0361. The fourth-order valence-electron chi connectivity index (χ4n) is 2.50. The summed E-state index contributed by atoms with van der Waals surface area (Å²) in [5, 5.41) is 8.11. The van der Waals surface area contributed by atoms with Gasteiger partial charge in [-0.15, -0.1) is 0 Å². The Kier molecular flexibility index (Phi) is 5.65. The second-order valence-electron chi connectivity index (χ2n) is 5.54. The lowest BCUT2D eigenvalue weighted by Gasteiger charge is -2.10. The Labute approximate surface area is 155 Å². The van der Waals surface area contributed by atoms with Gasteiger partial charge < -0.3 is 14.8 Å². The summed E-state index contributed by atoms with van der Waals surface area (Å²) in [4.78, 5) is 20.3. The van der Waals surface area contributed by atoms with Crippen molar-refractivity contribution in [1.82, 2.24) is 25.1 Å². The number of methoxy groups -OCH3 is 1. The molecule has 1 amide bonds. The molecule has 3 rings (SSSR count). The van der Waals surface area contributed by atoms with E-state index in [9.17, 15) is 4.79 Å². The van der Waals surface area contributed by atoms with Crippen molar-refractivity contribution < 1.29 is 14.3 Å². The molecule has 3 aromatic rings. The first kappa shape index (κ1) is 18.1. The molecular weight excluding hydrogens is 358 g/mol. The van der Waals surface area contributed by atoms with Gasteiger partial charge in [0.1, 0.15) is 17.5 Å². The standard InChI is InChI=1S/C17H18ClN5O3/c1-11-7-13(3-4-19-11)23-16-12(9-21-23)8-15(18)22-14(16)10-26-17(24)20-5-6-25-2/h3-4,7-9H,5-6,10H2,1-2H3,(H,20,24). The summed E-state index contributed by atoms with van der Waals surface area (Å²) in [6, 6.07) is 5.47. The number of carbonyl (C=O) groups is 1. The number of halogens is 1. The molecule has 1 N–H and O–H groups in total. The molecule has 0 saturated heterocycles. The summed E-state index contributed by atoms with van der Waals surface area (Å²) in [5.41, 5.74) is 2.94. The molecule has 0 atom stereocenters. The normalized spacial score (nSPS) is 10.9. The lowest BCUT2D eigenvalue weighted by atomic mass is 10.2. The molecule has 0 radical (unpaired) electrons. The van der Waals surface area contributed by atoms with Gasteiger partial charge in [-0.1, -0.05) is 11.6 Å². The number of hydrogen-bond acceptors (Lipinski definition) is 6. The maximum Gasteiger partial charge on any atom is 0.407 e. The van der Waals surface area contributed by atoms with Gasteiger partial charge in [0.15, 0.2) is 0 Å². The van der Waals surface area contributed by atoms with Crippen LogP contribution in [-0.2, 0) is 16.1 Å². The van der Waals surface area contributed by atoms with E-state index in [2.05, 4.69) is 20.4 Å². The van der Waals surface area contributed by atoms with Crippen LogP contribution in [0.15, 0.2) is 30.6 Å². The second kappa shape index (κ2) is 8.11. The molecule has 0 unspecified atom stereocenters. The largest absolute Gasteiger partial charge is 0.443 e. The molecule has 0 spiro atoms. The highest BCUT2D eigenvalue weighted by atomic mass is 35.5. The number of amides is 1. The van der Waals surface area contributed by atoms with Crippen LogP contribution in [0.25, 0.3) is 16.6 Å². The van der Waals surface area contributed by atoms with E-state index in [1.807, 2.05) is 19.1 Å². The second-order valence-corrected chi connectivity index (χ2v) is 5.92. The Morgan fingerprint density at radius 2 is 2.23 bits per heavy atom. The summed E-state index contributed by atoms with van der Waals surface area (Å²) in [5.74, 6) is 0. The van der Waals surface area contributed by atoms with Crippen molar-refractivity contribution in [3.05, 3.63) is 47.1 Å². The zero-order valence-corrected chi connectivity index (χ0v) is 15.2. The van der Waals surface area contributed by atoms with Gasteiger partial charge in [-0.3, -0.25) is 4.98 Å². The number of rotatable bonds is 6. The van der Waals surface area contributed by atoms with Crippen molar-refractivity contribution in [1.29, 1.82) is 0 Å². The van der Waals surface area contributed by atoms with Gasteiger partial charge in [0.2, 0.25) is 0 Å². The quantitative estimate of drug-likeness (QED) is 0.526. The Bertz CT molecular complexity index is 928. The smallest absolute Gasteiger partial charge is 0.407 e. The van der Waals surface area contributed by atoms with Crippen LogP contribution in [-0.4, -0.2) is 46.1 Å². The van der Waals surface area contributed by atoms with Crippen LogP contribution in [0, 0.1) is 6.92 Å². The molecule has 0 bridgehead atoms. The average Bonchev–Trinajstić information content (AvgIpc) is 3.03. The zero-order valence-electron chi connectivity index (χ0n) is 14.4. The van der Waals surface area contributed by atoms with Gasteiger partial charge in [0, 0.05) is 30.9 Å². The summed E-state index contributed by atoms with van der Waals surface area (Å²) in [7, 11) is 1.56. The summed E-state index contributed by atoms with van der Waals surface area (Å²) >= 11 is 6.09. The average molecular weight is 376 g/mol. The van der Waals surface area contributed by atoms with Gasteiger partial charge >= 0.3 is 6.09 Å². The first-order valence-electron chi connectivity index (χ1n) is 7.94. The monoisotopic (exact) mass is 375 g/mol. The third-order valence-electron chi connectivity index (χ3n) is 3.63. The molecule has 0 saturated carbocycles. The summed E-state index contributed by atoms with van der Waals surface area (Å²) in [6.45, 7) is 2.63. The van der Waals surface area contributed by atoms with Crippen molar-refractivity contribution in [3.63, 3.8) is 0 Å². The SMILES string of the molecule is COCCNC(=O)OCc1nc(Cl)cc2cnn(-c3ccnc(C)c3)c12. The van der Waals surface area contributed by atoms with Crippen LogP contribution >= 0.6 is 11.6 Å². The van der Waals surface area contributed by atoms with Gasteiger partial charge in [0.25, 0.3) is 0 Å². The molecular formula is C17H18ClN5O3. The summed E-state index contributed by atoms with van der Waals surface area (Å²) < 4.78 is 11.8. The summed E-state index contributed by atoms with van der Waals surface area (Å²) in [6.07, 6.45) is 2.85. The van der Waals surface area contributed by atoms with Gasteiger partial charge in [-0.2, -0.15) is 5.10 Å². The Balaban J connectivity index is 1.89. The van der Waals surface area contributed by atoms with Gasteiger partial charge in [-0.25, -0.2) is 14.5 Å². The van der Waals surface area contributed by atoms with E-state index in [4.69, 9.17) is 21.1 Å². The van der Waals surface area contributed by atoms with Crippen LogP contribution in [0.2, 0.25) is 5.15 Å². The highest BCUT2D eigenvalue weighted by Crippen LogP contribution is 2.24. The maximum atomic E-state index is 11.8. The highest BCUT2D eigenvalue weighted by Gasteiger charge is 2.15. The van der Waals surface area contributed by atoms with E-state index >= 15 is 0 Å². The molecule has 0 aliphatic heterocycles. The van der Waals surface area contributed by atoms with E-state index in [0.29, 0.717) is 24.0 Å². The highest BCUT2D eigenvalue weighted by molar-refractivity contribution is 6.30. The number of ether oxygens (including phenoxy) is 2. The van der Waals surface area contributed by atoms with Crippen molar-refractivity contribution in [3.8, 4) is 5.69 Å². The number of fused-ring (bicyclic) bond motifs is 1. The van der Waals surface area contributed by atoms with Crippen LogP contribution in [0.4, 0.5) is 4.79 Å². The van der Waals surface area contributed by atoms with Crippen LogP contribution in [0.3, 0.4) is 0 Å². The molecule has 3 heterocycles. The van der Waals surface area contributed by atoms with Crippen LogP contribution < -0.4 is 5.32 Å². The minimum Gasteiger partial charge on any atom is -0.443 e. The molecule has 9 heteroatoms. The molecule has 0 aliphatic rings.